The topological polar surface area (TPSA) is 61.5 Å². The van der Waals surface area contributed by atoms with Gasteiger partial charge in [-0.05, 0) is 59.3 Å². The lowest BCUT2D eigenvalue weighted by Crippen LogP contribution is -2.08. The van der Waals surface area contributed by atoms with Crippen LogP contribution >= 0.6 is 15.9 Å². The van der Waals surface area contributed by atoms with E-state index in [2.05, 4.69) is 15.9 Å². The molecule has 2 aromatic rings. The van der Waals surface area contributed by atoms with Gasteiger partial charge in [0.1, 0.15) is 17.3 Å². The maximum absolute atomic E-state index is 13.0. The van der Waals surface area contributed by atoms with Gasteiger partial charge in [0.05, 0.1) is 16.6 Å². The maximum Gasteiger partial charge on any atom is 0.340 e. The van der Waals surface area contributed by atoms with Gasteiger partial charge in [-0.1, -0.05) is 0 Å². The van der Waals surface area contributed by atoms with Gasteiger partial charge in [0.25, 0.3) is 0 Å². The van der Waals surface area contributed by atoms with Crippen molar-refractivity contribution in [1.29, 1.82) is 0 Å². The van der Waals surface area contributed by atoms with Crippen LogP contribution in [0.1, 0.15) is 17.3 Å². The van der Waals surface area contributed by atoms with Crippen molar-refractivity contribution in [2.24, 2.45) is 0 Å². The standard InChI is InChI=1S/C15H13BrFNO3/c1-2-20-15(19)11-8-10(4-5-13(11)18)21-14-6-3-9(17)7-12(14)16/h3-8H,2,18H2,1H3. The first kappa shape index (κ1) is 15.3. The summed E-state index contributed by atoms with van der Waals surface area (Å²) in [6.45, 7) is 1.97. The molecular formula is C15H13BrFNO3. The molecule has 0 unspecified atom stereocenters. The monoisotopic (exact) mass is 353 g/mol. The minimum atomic E-state index is -0.515. The summed E-state index contributed by atoms with van der Waals surface area (Å²) in [6.07, 6.45) is 0. The zero-order valence-electron chi connectivity index (χ0n) is 11.2. The summed E-state index contributed by atoms with van der Waals surface area (Å²) < 4.78 is 24.0. The van der Waals surface area contributed by atoms with Crippen molar-refractivity contribution in [1.82, 2.24) is 0 Å². The third-order valence-electron chi connectivity index (χ3n) is 2.64. The van der Waals surface area contributed by atoms with Crippen LogP contribution in [0.25, 0.3) is 0 Å². The maximum atomic E-state index is 13.0. The summed E-state index contributed by atoms with van der Waals surface area (Å²) >= 11 is 3.21. The van der Waals surface area contributed by atoms with E-state index in [-0.39, 0.29) is 18.0 Å². The smallest absolute Gasteiger partial charge is 0.340 e. The molecule has 4 nitrogen and oxygen atoms in total. The van der Waals surface area contributed by atoms with E-state index in [1.165, 1.54) is 24.3 Å². The highest BCUT2D eigenvalue weighted by atomic mass is 79.9. The van der Waals surface area contributed by atoms with Crippen molar-refractivity contribution in [3.05, 3.63) is 52.3 Å². The molecule has 0 aliphatic rings. The van der Waals surface area contributed by atoms with Crippen LogP contribution < -0.4 is 10.5 Å². The fourth-order valence-electron chi connectivity index (χ4n) is 1.67. The lowest BCUT2D eigenvalue weighted by molar-refractivity contribution is 0.0527. The molecule has 0 aliphatic heterocycles. The first-order chi connectivity index (χ1) is 10.0. The largest absolute Gasteiger partial charge is 0.462 e. The number of hydrogen-bond donors (Lipinski definition) is 1. The van der Waals surface area contributed by atoms with Gasteiger partial charge in [-0.3, -0.25) is 0 Å². The first-order valence-electron chi connectivity index (χ1n) is 6.20. The summed E-state index contributed by atoms with van der Waals surface area (Å²) in [5, 5.41) is 0. The van der Waals surface area contributed by atoms with E-state index < -0.39 is 5.97 Å². The molecule has 0 fully saturated rings. The fraction of sp³-hybridized carbons (Fsp3) is 0.133. The van der Waals surface area contributed by atoms with E-state index in [0.717, 1.165) is 0 Å². The zero-order valence-corrected chi connectivity index (χ0v) is 12.8. The number of ether oxygens (including phenoxy) is 2. The second-order valence-corrected chi connectivity index (χ2v) is 5.00. The lowest BCUT2D eigenvalue weighted by atomic mass is 10.1. The number of benzene rings is 2. The van der Waals surface area contributed by atoms with E-state index in [9.17, 15) is 9.18 Å². The normalized spacial score (nSPS) is 10.2. The van der Waals surface area contributed by atoms with Gasteiger partial charge in [-0.25, -0.2) is 9.18 Å². The third-order valence-corrected chi connectivity index (χ3v) is 3.26. The quantitative estimate of drug-likeness (QED) is 0.662. The number of hydrogen-bond acceptors (Lipinski definition) is 4. The van der Waals surface area contributed by atoms with Crippen LogP contribution in [0.15, 0.2) is 40.9 Å². The number of esters is 1. The van der Waals surface area contributed by atoms with Gasteiger partial charge in [0.15, 0.2) is 0 Å². The minimum absolute atomic E-state index is 0.229. The van der Waals surface area contributed by atoms with Crippen LogP contribution in [-0.2, 0) is 4.74 Å². The predicted molar refractivity (Wildman–Crippen MR) is 81.0 cm³/mol. The highest BCUT2D eigenvalue weighted by Crippen LogP contribution is 2.31. The Bertz CT molecular complexity index is 676. The molecule has 0 bridgehead atoms. The molecule has 0 spiro atoms. The number of anilines is 1. The Labute approximate surface area is 129 Å². The lowest BCUT2D eigenvalue weighted by Gasteiger charge is -2.10. The fourth-order valence-corrected chi connectivity index (χ4v) is 2.10. The number of nitrogens with two attached hydrogens (primary N) is 1. The van der Waals surface area contributed by atoms with E-state index in [4.69, 9.17) is 15.2 Å². The summed E-state index contributed by atoms with van der Waals surface area (Å²) in [5.41, 5.74) is 6.28. The second kappa shape index (κ2) is 6.58. The number of carbonyl (C=O) groups excluding carboxylic acids is 1. The number of rotatable bonds is 4. The van der Waals surface area contributed by atoms with Crippen LogP contribution in [0.5, 0.6) is 11.5 Å². The summed E-state index contributed by atoms with van der Waals surface area (Å²) in [4.78, 5) is 11.8. The van der Waals surface area contributed by atoms with Gasteiger partial charge >= 0.3 is 5.97 Å². The first-order valence-corrected chi connectivity index (χ1v) is 7.00. The average Bonchev–Trinajstić information content (AvgIpc) is 2.44. The van der Waals surface area contributed by atoms with Gasteiger partial charge in [0.2, 0.25) is 0 Å². The van der Waals surface area contributed by atoms with Crippen molar-refractivity contribution in [2.45, 2.75) is 6.92 Å². The molecule has 0 saturated carbocycles. The van der Waals surface area contributed by atoms with E-state index >= 15 is 0 Å². The molecule has 0 saturated heterocycles. The minimum Gasteiger partial charge on any atom is -0.462 e. The van der Waals surface area contributed by atoms with Crippen LogP contribution in [0.2, 0.25) is 0 Å². The summed E-state index contributed by atoms with van der Waals surface area (Å²) in [6, 6.07) is 8.72. The SMILES string of the molecule is CCOC(=O)c1cc(Oc2ccc(F)cc2Br)ccc1N. The van der Waals surface area contributed by atoms with Gasteiger partial charge in [-0.15, -0.1) is 0 Å². The third kappa shape index (κ3) is 3.72. The van der Waals surface area contributed by atoms with Gasteiger partial charge in [-0.2, -0.15) is 0 Å². The van der Waals surface area contributed by atoms with E-state index in [1.54, 1.807) is 19.1 Å². The Hall–Kier alpha value is -2.08. The second-order valence-electron chi connectivity index (χ2n) is 4.15. The molecular weight excluding hydrogens is 341 g/mol. The molecule has 0 amide bonds. The molecule has 2 rings (SSSR count). The Morgan fingerprint density at radius 1 is 1.29 bits per heavy atom. The molecule has 0 aliphatic carbocycles. The number of halogens is 2. The van der Waals surface area contributed by atoms with Crippen molar-refractivity contribution in [2.75, 3.05) is 12.3 Å². The van der Waals surface area contributed by atoms with Crippen LogP contribution in [0.3, 0.4) is 0 Å². The Balaban J connectivity index is 2.28. The molecule has 2 aromatic carbocycles. The van der Waals surface area contributed by atoms with E-state index in [1.807, 2.05) is 0 Å². The van der Waals surface area contributed by atoms with Crippen molar-refractivity contribution in [3.63, 3.8) is 0 Å². The Kier molecular flexibility index (Phi) is 4.80. The van der Waals surface area contributed by atoms with Crippen molar-refractivity contribution >= 4 is 27.6 Å². The molecule has 0 heterocycles. The Morgan fingerprint density at radius 2 is 2.05 bits per heavy atom. The van der Waals surface area contributed by atoms with Crippen LogP contribution in [0, 0.1) is 5.82 Å². The molecule has 2 N–H and O–H groups in total. The van der Waals surface area contributed by atoms with Crippen LogP contribution in [0.4, 0.5) is 10.1 Å². The molecule has 0 radical (unpaired) electrons. The molecule has 21 heavy (non-hydrogen) atoms. The van der Waals surface area contributed by atoms with Crippen molar-refractivity contribution in [3.8, 4) is 11.5 Å². The number of nitrogen functional groups attached to an aromatic ring is 1. The molecule has 0 aromatic heterocycles. The highest BCUT2D eigenvalue weighted by molar-refractivity contribution is 9.10. The average molecular weight is 354 g/mol. The molecule has 6 heteroatoms. The summed E-state index contributed by atoms with van der Waals surface area (Å²) in [7, 11) is 0. The van der Waals surface area contributed by atoms with Crippen LogP contribution in [-0.4, -0.2) is 12.6 Å². The highest BCUT2D eigenvalue weighted by Gasteiger charge is 2.13. The number of carbonyl (C=O) groups is 1. The molecule has 0 atom stereocenters. The van der Waals surface area contributed by atoms with E-state index in [0.29, 0.717) is 21.7 Å². The van der Waals surface area contributed by atoms with Gasteiger partial charge < -0.3 is 15.2 Å². The predicted octanol–water partition coefficient (Wildman–Crippen LogP) is 4.14. The molecule has 110 valence electrons. The summed E-state index contributed by atoms with van der Waals surface area (Å²) in [5.74, 6) is -0.0621. The van der Waals surface area contributed by atoms with Gasteiger partial charge in [0, 0.05) is 5.69 Å². The Morgan fingerprint density at radius 3 is 2.71 bits per heavy atom. The zero-order chi connectivity index (χ0) is 15.4. The van der Waals surface area contributed by atoms with Crippen molar-refractivity contribution < 1.29 is 18.7 Å².